The third-order valence-electron chi connectivity index (χ3n) is 3.25. The molecule has 2 rings (SSSR count). The molecule has 94 valence electrons. The molecule has 1 saturated heterocycles. The summed E-state index contributed by atoms with van der Waals surface area (Å²) < 4.78 is 11.1. The Hall–Kier alpha value is -1.13. The Balaban J connectivity index is 1.95. The third kappa shape index (κ3) is 3.17. The summed E-state index contributed by atoms with van der Waals surface area (Å²) in [6.45, 7) is 4.92. The fourth-order valence-corrected chi connectivity index (χ4v) is 2.05. The van der Waals surface area contributed by atoms with Gasteiger partial charge in [0, 0.05) is 31.5 Å². The van der Waals surface area contributed by atoms with Gasteiger partial charge in [-0.1, -0.05) is 0 Å². The largest absolute Gasteiger partial charge is 0.477 e. The van der Waals surface area contributed by atoms with Gasteiger partial charge < -0.3 is 15.2 Å². The lowest BCUT2D eigenvalue weighted by Crippen LogP contribution is -2.22. The maximum Gasteiger partial charge on any atom is 0.218 e. The first-order valence-electron chi connectivity index (χ1n) is 6.16. The number of hydrogen-bond acceptors (Lipinski definition) is 4. The second-order valence-electron chi connectivity index (χ2n) is 4.48. The van der Waals surface area contributed by atoms with Crippen LogP contribution < -0.4 is 10.5 Å². The van der Waals surface area contributed by atoms with E-state index in [2.05, 4.69) is 4.98 Å². The highest BCUT2D eigenvalue weighted by atomic mass is 16.5. The Morgan fingerprint density at radius 1 is 1.47 bits per heavy atom. The van der Waals surface area contributed by atoms with Crippen LogP contribution in [-0.4, -0.2) is 24.8 Å². The van der Waals surface area contributed by atoms with Crippen LogP contribution in [0.15, 0.2) is 12.3 Å². The molecule has 0 radical (unpaired) electrons. The zero-order valence-electron chi connectivity index (χ0n) is 10.3. The van der Waals surface area contributed by atoms with Crippen molar-refractivity contribution in [2.24, 2.45) is 11.7 Å². The summed E-state index contributed by atoms with van der Waals surface area (Å²) in [5.41, 5.74) is 7.88. The highest BCUT2D eigenvalue weighted by molar-refractivity contribution is 5.33. The zero-order valence-corrected chi connectivity index (χ0v) is 10.3. The van der Waals surface area contributed by atoms with Gasteiger partial charge in [0.2, 0.25) is 5.88 Å². The molecule has 0 saturated carbocycles. The molecule has 1 aromatic heterocycles. The Kier molecular flexibility index (Phi) is 4.34. The molecule has 0 bridgehead atoms. The topological polar surface area (TPSA) is 57.4 Å². The lowest BCUT2D eigenvalue weighted by Gasteiger charge is -2.22. The van der Waals surface area contributed by atoms with Crippen molar-refractivity contribution in [2.45, 2.75) is 26.3 Å². The maximum atomic E-state index is 5.80. The van der Waals surface area contributed by atoms with Crippen LogP contribution >= 0.6 is 0 Å². The first-order valence-corrected chi connectivity index (χ1v) is 6.16. The molecule has 0 aromatic carbocycles. The van der Waals surface area contributed by atoms with E-state index in [1.807, 2.05) is 13.0 Å². The summed E-state index contributed by atoms with van der Waals surface area (Å²) >= 11 is 0. The van der Waals surface area contributed by atoms with Gasteiger partial charge in [-0.15, -0.1) is 0 Å². The Morgan fingerprint density at radius 2 is 2.24 bits per heavy atom. The van der Waals surface area contributed by atoms with Crippen LogP contribution in [-0.2, 0) is 11.3 Å². The summed E-state index contributed by atoms with van der Waals surface area (Å²) in [6.07, 6.45) is 3.92. The summed E-state index contributed by atoms with van der Waals surface area (Å²) in [6, 6.07) is 1.96. The van der Waals surface area contributed by atoms with Crippen molar-refractivity contribution in [3.63, 3.8) is 0 Å². The number of aromatic nitrogens is 1. The van der Waals surface area contributed by atoms with Crippen molar-refractivity contribution in [1.82, 2.24) is 4.98 Å². The molecule has 0 amide bonds. The zero-order chi connectivity index (χ0) is 12.1. The van der Waals surface area contributed by atoms with E-state index >= 15 is 0 Å². The highest BCUT2D eigenvalue weighted by Gasteiger charge is 2.15. The van der Waals surface area contributed by atoms with Gasteiger partial charge in [0.15, 0.2) is 0 Å². The number of aryl methyl sites for hydroxylation is 1. The molecule has 0 spiro atoms. The summed E-state index contributed by atoms with van der Waals surface area (Å²) in [4.78, 5) is 4.26. The quantitative estimate of drug-likeness (QED) is 0.863. The second-order valence-corrected chi connectivity index (χ2v) is 4.48. The minimum absolute atomic E-state index is 0.475. The molecule has 2 heterocycles. The number of pyridine rings is 1. The van der Waals surface area contributed by atoms with Crippen molar-refractivity contribution in [2.75, 3.05) is 19.8 Å². The second kappa shape index (κ2) is 5.98. The van der Waals surface area contributed by atoms with Gasteiger partial charge in [0.05, 0.1) is 6.61 Å². The number of hydrogen-bond donors (Lipinski definition) is 1. The van der Waals surface area contributed by atoms with Crippen LogP contribution in [0.1, 0.15) is 24.0 Å². The molecular weight excluding hydrogens is 216 g/mol. The van der Waals surface area contributed by atoms with Gasteiger partial charge in [-0.05, 0) is 37.3 Å². The Bertz CT molecular complexity index is 362. The van der Waals surface area contributed by atoms with E-state index in [1.165, 1.54) is 0 Å². The molecule has 0 atom stereocenters. The van der Waals surface area contributed by atoms with Crippen molar-refractivity contribution in [3.05, 3.63) is 23.4 Å². The predicted molar refractivity (Wildman–Crippen MR) is 65.9 cm³/mol. The fourth-order valence-electron chi connectivity index (χ4n) is 2.05. The molecule has 1 aliphatic rings. The van der Waals surface area contributed by atoms with Gasteiger partial charge in [-0.3, -0.25) is 0 Å². The molecule has 17 heavy (non-hydrogen) atoms. The minimum atomic E-state index is 0.475. The fraction of sp³-hybridized carbons (Fsp3) is 0.615. The standard InChI is InChI=1S/C13H20N2O2/c1-10-2-5-15-13(12(10)8-14)17-9-11-3-6-16-7-4-11/h2,5,11H,3-4,6-9,14H2,1H3. The maximum absolute atomic E-state index is 5.80. The number of ether oxygens (including phenoxy) is 2. The lowest BCUT2D eigenvalue weighted by atomic mass is 10.0. The lowest BCUT2D eigenvalue weighted by molar-refractivity contribution is 0.0488. The Morgan fingerprint density at radius 3 is 2.94 bits per heavy atom. The summed E-state index contributed by atoms with van der Waals surface area (Å²) in [7, 11) is 0. The van der Waals surface area contributed by atoms with Gasteiger partial charge >= 0.3 is 0 Å². The van der Waals surface area contributed by atoms with Gasteiger partial charge in [0.25, 0.3) is 0 Å². The van der Waals surface area contributed by atoms with Crippen LogP contribution in [0.25, 0.3) is 0 Å². The predicted octanol–water partition coefficient (Wildman–Crippen LogP) is 1.65. The van der Waals surface area contributed by atoms with Crippen LogP contribution in [0.4, 0.5) is 0 Å². The van der Waals surface area contributed by atoms with Crippen LogP contribution in [0.2, 0.25) is 0 Å². The van der Waals surface area contributed by atoms with E-state index in [0.29, 0.717) is 24.9 Å². The number of nitrogens with zero attached hydrogens (tertiary/aromatic N) is 1. The number of nitrogens with two attached hydrogens (primary N) is 1. The van der Waals surface area contributed by atoms with Crippen molar-refractivity contribution in [3.8, 4) is 5.88 Å². The van der Waals surface area contributed by atoms with E-state index in [4.69, 9.17) is 15.2 Å². The summed E-state index contributed by atoms with van der Waals surface area (Å²) in [5.74, 6) is 1.27. The normalized spacial score (nSPS) is 17.1. The first-order chi connectivity index (χ1) is 8.31. The van der Waals surface area contributed by atoms with E-state index in [1.54, 1.807) is 6.20 Å². The SMILES string of the molecule is Cc1ccnc(OCC2CCOCC2)c1CN. The van der Waals surface area contributed by atoms with Crippen molar-refractivity contribution < 1.29 is 9.47 Å². The molecule has 1 aliphatic heterocycles. The van der Waals surface area contributed by atoms with Crippen molar-refractivity contribution >= 4 is 0 Å². The summed E-state index contributed by atoms with van der Waals surface area (Å²) in [5, 5.41) is 0. The molecule has 4 nitrogen and oxygen atoms in total. The van der Waals surface area contributed by atoms with Gasteiger partial charge in [-0.2, -0.15) is 0 Å². The smallest absolute Gasteiger partial charge is 0.218 e. The monoisotopic (exact) mass is 236 g/mol. The van der Waals surface area contributed by atoms with E-state index in [-0.39, 0.29) is 0 Å². The van der Waals surface area contributed by atoms with E-state index in [0.717, 1.165) is 37.2 Å². The van der Waals surface area contributed by atoms with Gasteiger partial charge in [0.1, 0.15) is 0 Å². The molecule has 1 aromatic rings. The molecule has 2 N–H and O–H groups in total. The van der Waals surface area contributed by atoms with E-state index < -0.39 is 0 Å². The molecular formula is C13H20N2O2. The molecule has 0 unspecified atom stereocenters. The first kappa shape index (κ1) is 12.3. The molecule has 4 heteroatoms. The van der Waals surface area contributed by atoms with E-state index in [9.17, 15) is 0 Å². The Labute approximate surface area is 102 Å². The van der Waals surface area contributed by atoms with Crippen molar-refractivity contribution in [1.29, 1.82) is 0 Å². The van der Waals surface area contributed by atoms with Crippen LogP contribution in [0.5, 0.6) is 5.88 Å². The van der Waals surface area contributed by atoms with Crippen LogP contribution in [0.3, 0.4) is 0 Å². The average molecular weight is 236 g/mol. The van der Waals surface area contributed by atoms with Crippen LogP contribution in [0, 0.1) is 12.8 Å². The average Bonchev–Trinajstić information content (AvgIpc) is 2.37. The minimum Gasteiger partial charge on any atom is -0.477 e. The highest BCUT2D eigenvalue weighted by Crippen LogP contribution is 2.21. The number of rotatable bonds is 4. The molecule has 1 fully saturated rings. The third-order valence-corrected chi connectivity index (χ3v) is 3.25. The van der Waals surface area contributed by atoms with Gasteiger partial charge in [-0.25, -0.2) is 4.98 Å². The molecule has 0 aliphatic carbocycles.